The fourth-order valence-corrected chi connectivity index (χ4v) is 2.76. The highest BCUT2D eigenvalue weighted by Crippen LogP contribution is 2.48. The number of rotatable bonds is 2. The van der Waals surface area contributed by atoms with E-state index in [1.165, 1.54) is 11.1 Å². The Labute approximate surface area is 148 Å². The molecule has 1 aliphatic carbocycles. The van der Waals surface area contributed by atoms with Crippen molar-refractivity contribution < 1.29 is 14.6 Å². The molecule has 0 fully saturated rings. The summed E-state index contributed by atoms with van der Waals surface area (Å²) in [4.78, 5) is 0. The molecule has 4 nitrogen and oxygen atoms in total. The van der Waals surface area contributed by atoms with Crippen LogP contribution in [0, 0.1) is 6.92 Å². The van der Waals surface area contributed by atoms with Crippen LogP contribution in [0.2, 0.25) is 0 Å². The summed E-state index contributed by atoms with van der Waals surface area (Å²) in [6.07, 6.45) is 4.21. The highest BCUT2D eigenvalue weighted by Gasteiger charge is 2.38. The molecular weight excluding hydrogens is 358 g/mol. The van der Waals surface area contributed by atoms with Crippen LogP contribution >= 0.6 is 15.9 Å². The van der Waals surface area contributed by atoms with E-state index in [-0.39, 0.29) is 12.0 Å². The van der Waals surface area contributed by atoms with Crippen molar-refractivity contribution in [3.63, 3.8) is 0 Å². The van der Waals surface area contributed by atoms with Crippen LogP contribution in [0.1, 0.15) is 30.4 Å². The standard InChI is InChI=1S/C14H16O3.C3H9N.CH3Br/c1-8-3-6-11(16-2)14-13(8)10-5-4-9(15)7-12(10)17-14;1-3-4-2;1-2/h3-6,9-10,12,15H,7H2,1-2H3;4H,3H2,1-2H3;1H3/t9?,10?,12-;;/m1../s1. The van der Waals surface area contributed by atoms with Gasteiger partial charge in [-0.1, -0.05) is 41.1 Å². The minimum absolute atomic E-state index is 0.0417. The SMILES string of the molecule is CBr.CCNC.COc1ccc(C)c2c1O[C@@H]1CC(O)C=CC21. The number of ether oxygens (including phenoxy) is 2. The Morgan fingerprint density at radius 2 is 2.00 bits per heavy atom. The summed E-state index contributed by atoms with van der Waals surface area (Å²) in [5, 5.41) is 12.6. The van der Waals surface area contributed by atoms with E-state index >= 15 is 0 Å². The quantitative estimate of drug-likeness (QED) is 0.604. The number of nitrogens with one attached hydrogen (secondary N) is 1. The number of hydrogen-bond donors (Lipinski definition) is 2. The third kappa shape index (κ3) is 4.72. The van der Waals surface area contributed by atoms with E-state index in [2.05, 4.69) is 47.2 Å². The van der Waals surface area contributed by atoms with Crippen LogP contribution < -0.4 is 14.8 Å². The molecule has 0 bridgehead atoms. The van der Waals surface area contributed by atoms with Gasteiger partial charge in [0.2, 0.25) is 0 Å². The molecule has 3 rings (SSSR count). The number of fused-ring (bicyclic) bond motifs is 3. The van der Waals surface area contributed by atoms with E-state index in [4.69, 9.17) is 9.47 Å². The number of aliphatic hydroxyl groups is 1. The minimum atomic E-state index is -0.392. The maximum Gasteiger partial charge on any atom is 0.165 e. The normalized spacial score (nSPS) is 23.3. The number of hydrogen-bond acceptors (Lipinski definition) is 4. The predicted molar refractivity (Wildman–Crippen MR) is 99.1 cm³/mol. The Morgan fingerprint density at radius 1 is 1.35 bits per heavy atom. The fraction of sp³-hybridized carbons (Fsp3) is 0.556. The van der Waals surface area contributed by atoms with Crippen molar-refractivity contribution in [3.8, 4) is 11.5 Å². The predicted octanol–water partition coefficient (Wildman–Crippen LogP) is 3.41. The first-order valence-corrected chi connectivity index (χ1v) is 9.43. The average Bonchev–Trinajstić information content (AvgIpc) is 2.96. The molecule has 2 unspecified atom stereocenters. The van der Waals surface area contributed by atoms with Crippen molar-refractivity contribution in [1.82, 2.24) is 5.32 Å². The molecule has 3 atom stereocenters. The van der Waals surface area contributed by atoms with E-state index in [0.717, 1.165) is 18.0 Å². The van der Waals surface area contributed by atoms with Crippen LogP contribution in [-0.4, -0.2) is 43.8 Å². The zero-order chi connectivity index (χ0) is 17.4. The molecule has 0 amide bonds. The van der Waals surface area contributed by atoms with Crippen molar-refractivity contribution in [2.75, 3.05) is 26.5 Å². The summed E-state index contributed by atoms with van der Waals surface area (Å²) in [5.41, 5.74) is 2.42. The second kappa shape index (κ2) is 9.96. The van der Waals surface area contributed by atoms with Gasteiger partial charge in [0.05, 0.1) is 13.2 Å². The van der Waals surface area contributed by atoms with Gasteiger partial charge in [-0.2, -0.15) is 0 Å². The first kappa shape index (κ1) is 20.0. The third-order valence-corrected chi connectivity index (χ3v) is 3.97. The fourth-order valence-electron chi connectivity index (χ4n) is 2.76. The van der Waals surface area contributed by atoms with Gasteiger partial charge in [-0.15, -0.1) is 0 Å². The highest BCUT2D eigenvalue weighted by atomic mass is 79.9. The van der Waals surface area contributed by atoms with Gasteiger partial charge in [0, 0.05) is 17.9 Å². The van der Waals surface area contributed by atoms with Gasteiger partial charge in [-0.3, -0.25) is 0 Å². The van der Waals surface area contributed by atoms with E-state index in [9.17, 15) is 5.11 Å². The number of halogens is 1. The molecule has 0 radical (unpaired) electrons. The summed E-state index contributed by atoms with van der Waals surface area (Å²) >= 11 is 2.94. The summed E-state index contributed by atoms with van der Waals surface area (Å²) in [5.74, 6) is 3.69. The molecule has 0 saturated heterocycles. The van der Waals surface area contributed by atoms with Crippen molar-refractivity contribution in [2.24, 2.45) is 0 Å². The lowest BCUT2D eigenvalue weighted by molar-refractivity contribution is 0.117. The number of aryl methyl sites for hydroxylation is 1. The highest BCUT2D eigenvalue weighted by molar-refractivity contribution is 9.08. The van der Waals surface area contributed by atoms with Gasteiger partial charge in [0.25, 0.3) is 0 Å². The van der Waals surface area contributed by atoms with Gasteiger partial charge in [0.15, 0.2) is 11.5 Å². The lowest BCUT2D eigenvalue weighted by atomic mass is 9.85. The summed E-state index contributed by atoms with van der Waals surface area (Å²) < 4.78 is 11.3. The zero-order valence-electron chi connectivity index (χ0n) is 14.6. The molecule has 5 heteroatoms. The number of aliphatic hydroxyl groups excluding tert-OH is 1. The van der Waals surface area contributed by atoms with Gasteiger partial charge in [-0.25, -0.2) is 0 Å². The van der Waals surface area contributed by atoms with E-state index < -0.39 is 6.10 Å². The Kier molecular flexibility index (Phi) is 8.66. The molecule has 0 saturated carbocycles. The molecule has 130 valence electrons. The molecule has 2 N–H and O–H groups in total. The minimum Gasteiger partial charge on any atom is -0.493 e. The average molecular weight is 386 g/mol. The van der Waals surface area contributed by atoms with Gasteiger partial charge in [-0.05, 0) is 38.0 Å². The molecule has 2 aliphatic rings. The number of methoxy groups -OCH3 is 1. The lowest BCUT2D eigenvalue weighted by Gasteiger charge is -2.23. The molecule has 0 spiro atoms. The van der Waals surface area contributed by atoms with E-state index in [0.29, 0.717) is 6.42 Å². The topological polar surface area (TPSA) is 50.7 Å². The van der Waals surface area contributed by atoms with Gasteiger partial charge in [0.1, 0.15) is 6.10 Å². The molecule has 1 aromatic rings. The monoisotopic (exact) mass is 385 g/mol. The zero-order valence-corrected chi connectivity index (χ0v) is 16.2. The van der Waals surface area contributed by atoms with Crippen molar-refractivity contribution in [3.05, 3.63) is 35.4 Å². The summed E-state index contributed by atoms with van der Waals surface area (Å²) in [6.45, 7) is 5.23. The van der Waals surface area contributed by atoms with E-state index in [1.807, 2.05) is 25.0 Å². The maximum atomic E-state index is 9.63. The maximum absolute atomic E-state index is 9.63. The molecule has 1 aliphatic heterocycles. The Hall–Kier alpha value is -1.04. The van der Waals surface area contributed by atoms with Crippen LogP contribution in [0.4, 0.5) is 0 Å². The van der Waals surface area contributed by atoms with E-state index in [1.54, 1.807) is 7.11 Å². The molecule has 1 aromatic carbocycles. The molecule has 0 aromatic heterocycles. The summed E-state index contributed by atoms with van der Waals surface area (Å²) in [6, 6.07) is 3.99. The Bertz CT molecular complexity index is 517. The van der Waals surface area contributed by atoms with Crippen LogP contribution in [0.25, 0.3) is 0 Å². The second-order valence-electron chi connectivity index (χ2n) is 5.40. The van der Waals surface area contributed by atoms with Gasteiger partial charge >= 0.3 is 0 Å². The smallest absolute Gasteiger partial charge is 0.165 e. The van der Waals surface area contributed by atoms with Crippen LogP contribution in [0.15, 0.2) is 24.3 Å². The van der Waals surface area contributed by atoms with Crippen LogP contribution in [0.5, 0.6) is 11.5 Å². The third-order valence-electron chi connectivity index (χ3n) is 3.97. The molecular formula is C18H28BrNO3. The lowest BCUT2D eigenvalue weighted by Crippen LogP contribution is -2.27. The van der Waals surface area contributed by atoms with Crippen molar-refractivity contribution >= 4 is 15.9 Å². The van der Waals surface area contributed by atoms with Crippen LogP contribution in [-0.2, 0) is 0 Å². The second-order valence-corrected chi connectivity index (χ2v) is 5.40. The Morgan fingerprint density at radius 3 is 2.57 bits per heavy atom. The largest absolute Gasteiger partial charge is 0.493 e. The Balaban J connectivity index is 0.000000388. The van der Waals surface area contributed by atoms with Gasteiger partial charge < -0.3 is 19.9 Å². The molecule has 1 heterocycles. The van der Waals surface area contributed by atoms with Crippen molar-refractivity contribution in [2.45, 2.75) is 38.4 Å². The van der Waals surface area contributed by atoms with Crippen LogP contribution in [0.3, 0.4) is 0 Å². The molecule has 23 heavy (non-hydrogen) atoms. The first-order chi connectivity index (χ1) is 11.1. The first-order valence-electron chi connectivity index (χ1n) is 7.85. The summed E-state index contributed by atoms with van der Waals surface area (Å²) in [7, 11) is 3.58. The number of alkyl halides is 1. The van der Waals surface area contributed by atoms with Crippen molar-refractivity contribution in [1.29, 1.82) is 0 Å². The number of benzene rings is 1.